The third-order valence-electron chi connectivity index (χ3n) is 2.29. The highest BCUT2D eigenvalue weighted by molar-refractivity contribution is 7.47. The molecule has 0 bridgehead atoms. The molecule has 20 heavy (non-hydrogen) atoms. The number of hydrogen-bond acceptors (Lipinski definition) is 9. The lowest BCUT2D eigenvalue weighted by molar-refractivity contribution is -0.267. The maximum Gasteiger partial charge on any atom is 0.474 e. The maximum atomic E-state index is 11.1. The van der Waals surface area contributed by atoms with Crippen molar-refractivity contribution in [3.8, 4) is 0 Å². The van der Waals surface area contributed by atoms with Gasteiger partial charge >= 0.3 is 15.6 Å². The van der Waals surface area contributed by atoms with E-state index in [1.165, 1.54) is 0 Å². The van der Waals surface area contributed by atoms with Crippen LogP contribution in [0.2, 0.25) is 0 Å². The van der Waals surface area contributed by atoms with E-state index in [1.54, 1.807) is 0 Å². The van der Waals surface area contributed by atoms with E-state index >= 15 is 0 Å². The van der Waals surface area contributed by atoms with E-state index in [-0.39, 0.29) is 0 Å². The van der Waals surface area contributed by atoms with Gasteiger partial charge in [-0.25, -0.2) is 9.13 Å². The zero-order chi connectivity index (χ0) is 15.8. The molecule has 0 saturated carbocycles. The molecule has 2 unspecified atom stereocenters. The number of aliphatic hydroxyl groups is 3. The SMILES string of the molecule is COP(=O)(O)O[C@H]1OC(O)(COP(=O)(O)O)[C@@H](O)[C@@H]1O. The molecular formula is C6H14O12P2. The molecule has 5 atom stereocenters. The molecule has 0 radical (unpaired) electrons. The van der Waals surface area contributed by atoms with Crippen LogP contribution < -0.4 is 0 Å². The monoisotopic (exact) mass is 340 g/mol. The molecule has 1 aliphatic rings. The van der Waals surface area contributed by atoms with Crippen molar-refractivity contribution in [3.05, 3.63) is 0 Å². The fourth-order valence-corrected chi connectivity index (χ4v) is 2.18. The Morgan fingerprint density at radius 2 is 1.80 bits per heavy atom. The second-order valence-corrected chi connectivity index (χ2v) is 6.54. The first-order valence-corrected chi connectivity index (χ1v) is 7.96. The van der Waals surface area contributed by atoms with Gasteiger partial charge in [0.1, 0.15) is 18.8 Å². The number of hydrogen-bond donors (Lipinski definition) is 6. The van der Waals surface area contributed by atoms with Crippen molar-refractivity contribution >= 4 is 15.6 Å². The van der Waals surface area contributed by atoms with Crippen LogP contribution in [0.25, 0.3) is 0 Å². The van der Waals surface area contributed by atoms with Crippen molar-refractivity contribution in [2.24, 2.45) is 0 Å². The highest BCUT2D eigenvalue weighted by atomic mass is 31.2. The van der Waals surface area contributed by atoms with Crippen LogP contribution in [0.3, 0.4) is 0 Å². The Balaban J connectivity index is 2.77. The Morgan fingerprint density at radius 3 is 2.25 bits per heavy atom. The fourth-order valence-electron chi connectivity index (χ4n) is 1.31. The Hall–Kier alpha value is 0.0600. The zero-order valence-corrected chi connectivity index (χ0v) is 11.8. The molecular weight excluding hydrogens is 326 g/mol. The number of rotatable bonds is 6. The van der Waals surface area contributed by atoms with Gasteiger partial charge in [-0.2, -0.15) is 0 Å². The molecule has 0 aromatic carbocycles. The van der Waals surface area contributed by atoms with Crippen LogP contribution in [0.1, 0.15) is 0 Å². The summed E-state index contributed by atoms with van der Waals surface area (Å²) >= 11 is 0. The number of ether oxygens (including phenoxy) is 1. The Bertz CT molecular complexity index is 434. The van der Waals surface area contributed by atoms with Crippen LogP contribution in [0.5, 0.6) is 0 Å². The second-order valence-electron chi connectivity index (χ2n) is 3.79. The standard InChI is InChI=1S/C6H14O12P2/c1-15-20(13,14)18-5-3(7)4(8)6(9,17-5)2-16-19(10,11)12/h3-5,7-9H,2H2,1H3,(H,13,14)(H2,10,11,12)/t3-,4-,5+,6?/m0/s1. The molecule has 1 fully saturated rings. The van der Waals surface area contributed by atoms with Gasteiger partial charge < -0.3 is 34.7 Å². The van der Waals surface area contributed by atoms with Crippen molar-refractivity contribution < 1.29 is 57.4 Å². The van der Waals surface area contributed by atoms with Gasteiger partial charge in [-0.05, 0) is 0 Å². The van der Waals surface area contributed by atoms with Gasteiger partial charge in [0, 0.05) is 7.11 Å². The van der Waals surface area contributed by atoms with Gasteiger partial charge in [-0.15, -0.1) is 0 Å². The summed E-state index contributed by atoms with van der Waals surface area (Å²) in [6, 6.07) is 0. The number of phosphoric ester groups is 2. The fraction of sp³-hybridized carbons (Fsp3) is 1.00. The average molecular weight is 340 g/mol. The van der Waals surface area contributed by atoms with Gasteiger partial charge in [-0.3, -0.25) is 13.6 Å². The summed E-state index contributed by atoms with van der Waals surface area (Å²) in [4.78, 5) is 26.0. The summed E-state index contributed by atoms with van der Waals surface area (Å²) in [5.41, 5.74) is 0. The number of phosphoric acid groups is 2. The van der Waals surface area contributed by atoms with Gasteiger partial charge in [0.25, 0.3) is 0 Å². The molecule has 1 heterocycles. The van der Waals surface area contributed by atoms with E-state index in [2.05, 4.69) is 18.3 Å². The van der Waals surface area contributed by atoms with Gasteiger partial charge in [0.15, 0.2) is 0 Å². The molecule has 0 aromatic rings. The predicted octanol–water partition coefficient (Wildman–Crippen LogP) is -2.37. The predicted molar refractivity (Wildman–Crippen MR) is 57.8 cm³/mol. The molecule has 1 saturated heterocycles. The van der Waals surface area contributed by atoms with E-state index in [0.717, 1.165) is 7.11 Å². The summed E-state index contributed by atoms with van der Waals surface area (Å²) in [6.07, 6.45) is -6.09. The Morgan fingerprint density at radius 1 is 1.25 bits per heavy atom. The van der Waals surface area contributed by atoms with Crippen LogP contribution in [0, 0.1) is 0 Å². The van der Waals surface area contributed by atoms with Crippen molar-refractivity contribution in [2.45, 2.75) is 24.3 Å². The lowest BCUT2D eigenvalue weighted by Crippen LogP contribution is -2.46. The van der Waals surface area contributed by atoms with Gasteiger partial charge in [-0.1, -0.05) is 0 Å². The van der Waals surface area contributed by atoms with Crippen molar-refractivity contribution in [1.82, 2.24) is 0 Å². The third kappa shape index (κ3) is 4.53. The van der Waals surface area contributed by atoms with Gasteiger partial charge in [0.2, 0.25) is 12.1 Å². The van der Waals surface area contributed by atoms with Crippen LogP contribution in [-0.4, -0.2) is 68.0 Å². The van der Waals surface area contributed by atoms with Crippen molar-refractivity contribution in [2.75, 3.05) is 13.7 Å². The Kier molecular flexibility index (Phi) is 5.48. The molecule has 120 valence electrons. The summed E-state index contributed by atoms with van der Waals surface area (Å²) in [7, 11) is -8.75. The van der Waals surface area contributed by atoms with E-state index in [4.69, 9.17) is 14.7 Å². The summed E-state index contributed by atoms with van der Waals surface area (Å²) < 4.78 is 38.5. The van der Waals surface area contributed by atoms with Crippen LogP contribution in [0.4, 0.5) is 0 Å². The summed E-state index contributed by atoms with van der Waals surface area (Å²) in [6.45, 7) is -1.22. The summed E-state index contributed by atoms with van der Waals surface area (Å²) in [5, 5.41) is 28.7. The maximum absolute atomic E-state index is 11.1. The van der Waals surface area contributed by atoms with Gasteiger partial charge in [0.05, 0.1) is 0 Å². The largest absolute Gasteiger partial charge is 0.474 e. The summed E-state index contributed by atoms with van der Waals surface area (Å²) in [5.74, 6) is -2.75. The normalized spacial score (nSPS) is 37.9. The topological polar surface area (TPSA) is 192 Å². The minimum Gasteiger partial charge on any atom is -0.385 e. The molecule has 0 aliphatic carbocycles. The first kappa shape index (κ1) is 18.1. The van der Waals surface area contributed by atoms with Crippen LogP contribution in [-0.2, 0) is 27.4 Å². The lowest BCUT2D eigenvalue weighted by atomic mass is 10.1. The van der Waals surface area contributed by atoms with Crippen LogP contribution >= 0.6 is 15.6 Å². The highest BCUT2D eigenvalue weighted by Crippen LogP contribution is 2.47. The van der Waals surface area contributed by atoms with E-state index in [0.29, 0.717) is 0 Å². The zero-order valence-electron chi connectivity index (χ0n) is 9.97. The molecule has 12 nitrogen and oxygen atoms in total. The molecule has 1 rings (SSSR count). The Labute approximate surface area is 112 Å². The van der Waals surface area contributed by atoms with Crippen molar-refractivity contribution in [1.29, 1.82) is 0 Å². The minimum absolute atomic E-state index is 0.821. The van der Waals surface area contributed by atoms with E-state index < -0.39 is 46.5 Å². The quantitative estimate of drug-likeness (QED) is 0.282. The molecule has 0 amide bonds. The minimum atomic E-state index is -4.98. The van der Waals surface area contributed by atoms with E-state index in [9.17, 15) is 24.4 Å². The molecule has 6 N–H and O–H groups in total. The second kappa shape index (κ2) is 6.05. The van der Waals surface area contributed by atoms with Crippen molar-refractivity contribution in [3.63, 3.8) is 0 Å². The van der Waals surface area contributed by atoms with E-state index in [1.807, 2.05) is 0 Å². The average Bonchev–Trinajstić information content (AvgIpc) is 2.51. The first-order valence-electron chi connectivity index (χ1n) is 4.93. The molecule has 0 aromatic heterocycles. The molecule has 0 spiro atoms. The lowest BCUT2D eigenvalue weighted by Gasteiger charge is -2.25. The highest BCUT2D eigenvalue weighted by Gasteiger charge is 2.56. The van der Waals surface area contributed by atoms with Crippen LogP contribution in [0.15, 0.2) is 0 Å². The smallest absolute Gasteiger partial charge is 0.385 e. The number of aliphatic hydroxyl groups excluding tert-OH is 2. The molecule has 1 aliphatic heterocycles. The first-order chi connectivity index (χ1) is 8.90. The molecule has 14 heteroatoms. The third-order valence-corrected chi connectivity index (χ3v) is 3.69.